The maximum Gasteiger partial charge on any atom is 0.416 e. The minimum Gasteiger partial charge on any atom is -0.465 e. The van der Waals surface area contributed by atoms with Crippen molar-refractivity contribution in [3.05, 3.63) is 70.9 Å². The van der Waals surface area contributed by atoms with Gasteiger partial charge in [0.15, 0.2) is 11.5 Å². The van der Waals surface area contributed by atoms with Gasteiger partial charge in [-0.15, -0.1) is 0 Å². The topological polar surface area (TPSA) is 81.9 Å². The molecule has 2 heterocycles. The molecule has 0 aliphatic heterocycles. The van der Waals surface area contributed by atoms with Crippen LogP contribution in [0.1, 0.15) is 34.1 Å². The quantitative estimate of drug-likeness (QED) is 0.400. The van der Waals surface area contributed by atoms with Crippen LogP contribution in [0.25, 0.3) is 22.4 Å². The Labute approximate surface area is 193 Å². The molecule has 0 atom stereocenters. The van der Waals surface area contributed by atoms with E-state index in [0.717, 1.165) is 11.8 Å². The van der Waals surface area contributed by atoms with Gasteiger partial charge in [0.2, 0.25) is 0 Å². The molecule has 0 aliphatic carbocycles. The van der Waals surface area contributed by atoms with Gasteiger partial charge in [0.1, 0.15) is 5.82 Å². The van der Waals surface area contributed by atoms with Crippen LogP contribution < -0.4 is 5.32 Å². The largest absolute Gasteiger partial charge is 0.465 e. The number of carbonyl (C=O) groups is 1. The summed E-state index contributed by atoms with van der Waals surface area (Å²) in [5.41, 5.74) is 1.69. The van der Waals surface area contributed by atoms with Gasteiger partial charge in [-0.2, -0.15) is 18.3 Å². The Bertz CT molecular complexity index is 1350. The second-order valence-electron chi connectivity index (χ2n) is 7.60. The summed E-state index contributed by atoms with van der Waals surface area (Å²) in [4.78, 5) is 21.0. The summed E-state index contributed by atoms with van der Waals surface area (Å²) in [5.74, 6) is 0.271. The smallest absolute Gasteiger partial charge is 0.416 e. The summed E-state index contributed by atoms with van der Waals surface area (Å²) in [7, 11) is 3.05. The number of halogens is 3. The lowest BCUT2D eigenvalue weighted by Crippen LogP contribution is -2.12. The first kappa shape index (κ1) is 23.2. The van der Waals surface area contributed by atoms with Crippen LogP contribution in [0.4, 0.5) is 19.0 Å². The lowest BCUT2D eigenvalue weighted by molar-refractivity contribution is -0.138. The van der Waals surface area contributed by atoms with E-state index >= 15 is 0 Å². The van der Waals surface area contributed by atoms with Crippen molar-refractivity contribution < 1.29 is 22.7 Å². The summed E-state index contributed by atoms with van der Waals surface area (Å²) >= 11 is 0. The molecule has 0 amide bonds. The van der Waals surface area contributed by atoms with Gasteiger partial charge in [-0.3, -0.25) is 0 Å². The average Bonchev–Trinajstić information content (AvgIpc) is 3.17. The van der Waals surface area contributed by atoms with E-state index in [9.17, 15) is 18.0 Å². The van der Waals surface area contributed by atoms with Crippen LogP contribution in [-0.2, 0) is 30.9 Å². The molecule has 2 aromatic heterocycles. The molecule has 10 heteroatoms. The van der Waals surface area contributed by atoms with Crippen molar-refractivity contribution in [3.8, 4) is 11.4 Å². The standard InChI is InChI=1S/C24H22F3N5O2/c1-4-18-19-21(28-13-16-7-5-6-8-17(16)24(25,26)27)29-20(30-22(19)32(2)31-18)14-9-11-15(12-10-14)23(33)34-3/h5-12H,4,13H2,1-3H3,(H,28,29,30). The Hall–Kier alpha value is -3.95. The van der Waals surface area contributed by atoms with Crippen LogP contribution in [0.15, 0.2) is 48.5 Å². The van der Waals surface area contributed by atoms with Gasteiger partial charge in [-0.05, 0) is 30.2 Å². The number of methoxy groups -OCH3 is 1. The van der Waals surface area contributed by atoms with Crippen molar-refractivity contribution in [2.24, 2.45) is 7.05 Å². The predicted molar refractivity (Wildman–Crippen MR) is 121 cm³/mol. The fourth-order valence-electron chi connectivity index (χ4n) is 3.73. The Morgan fingerprint density at radius 2 is 1.79 bits per heavy atom. The number of hydrogen-bond donors (Lipinski definition) is 1. The average molecular weight is 469 g/mol. The fraction of sp³-hybridized carbons (Fsp3) is 0.250. The number of nitrogens with one attached hydrogen (secondary N) is 1. The number of aromatic nitrogens is 4. The monoisotopic (exact) mass is 469 g/mol. The third-order valence-electron chi connectivity index (χ3n) is 5.42. The van der Waals surface area contributed by atoms with Crippen molar-refractivity contribution in [2.45, 2.75) is 26.1 Å². The Morgan fingerprint density at radius 1 is 1.09 bits per heavy atom. The van der Waals surface area contributed by atoms with E-state index in [1.807, 2.05) is 6.92 Å². The summed E-state index contributed by atoms with van der Waals surface area (Å²) < 4.78 is 46.7. The summed E-state index contributed by atoms with van der Waals surface area (Å²) in [6.45, 7) is 1.85. The van der Waals surface area contributed by atoms with E-state index in [4.69, 9.17) is 4.74 Å². The van der Waals surface area contributed by atoms with Crippen LogP contribution in [0.2, 0.25) is 0 Å². The van der Waals surface area contributed by atoms with Crippen LogP contribution in [0.3, 0.4) is 0 Å². The number of aryl methyl sites for hydroxylation is 2. The molecule has 0 saturated heterocycles. The molecule has 4 aromatic rings. The highest BCUT2D eigenvalue weighted by atomic mass is 19.4. The Kier molecular flexibility index (Phi) is 6.23. The molecule has 4 rings (SSSR count). The van der Waals surface area contributed by atoms with Gasteiger partial charge in [-0.25, -0.2) is 19.4 Å². The van der Waals surface area contributed by atoms with E-state index in [-0.39, 0.29) is 12.1 Å². The summed E-state index contributed by atoms with van der Waals surface area (Å²) in [6, 6.07) is 12.0. The fourth-order valence-corrected chi connectivity index (χ4v) is 3.73. The highest BCUT2D eigenvalue weighted by molar-refractivity contribution is 5.92. The minimum atomic E-state index is -4.46. The molecule has 176 valence electrons. The van der Waals surface area contributed by atoms with Gasteiger partial charge < -0.3 is 10.1 Å². The third kappa shape index (κ3) is 4.43. The molecule has 0 radical (unpaired) electrons. The molecule has 0 saturated carbocycles. The maximum absolute atomic E-state index is 13.5. The van der Waals surface area contributed by atoms with Crippen molar-refractivity contribution in [3.63, 3.8) is 0 Å². The van der Waals surface area contributed by atoms with E-state index in [1.165, 1.54) is 19.2 Å². The normalized spacial score (nSPS) is 11.6. The molecule has 34 heavy (non-hydrogen) atoms. The first-order valence-electron chi connectivity index (χ1n) is 10.5. The van der Waals surface area contributed by atoms with Gasteiger partial charge in [0.25, 0.3) is 0 Å². The highest BCUT2D eigenvalue weighted by Crippen LogP contribution is 2.33. The Morgan fingerprint density at radius 3 is 2.44 bits per heavy atom. The zero-order chi connectivity index (χ0) is 24.5. The number of carbonyl (C=O) groups excluding carboxylic acids is 1. The molecule has 2 aromatic carbocycles. The van der Waals surface area contributed by atoms with Crippen molar-refractivity contribution in [1.82, 2.24) is 19.7 Å². The van der Waals surface area contributed by atoms with Crippen LogP contribution >= 0.6 is 0 Å². The van der Waals surface area contributed by atoms with E-state index < -0.39 is 17.7 Å². The SMILES string of the molecule is CCc1nn(C)c2nc(-c3ccc(C(=O)OC)cc3)nc(NCc3ccccc3C(F)(F)F)c12. The summed E-state index contributed by atoms with van der Waals surface area (Å²) in [5, 5.41) is 8.23. The first-order valence-corrected chi connectivity index (χ1v) is 10.5. The van der Waals surface area contributed by atoms with Crippen molar-refractivity contribution in [2.75, 3.05) is 12.4 Å². The number of fused-ring (bicyclic) bond motifs is 1. The van der Waals surface area contributed by atoms with Gasteiger partial charge in [-0.1, -0.05) is 37.3 Å². The zero-order valence-corrected chi connectivity index (χ0v) is 18.8. The Balaban J connectivity index is 1.77. The van der Waals surface area contributed by atoms with Gasteiger partial charge >= 0.3 is 12.1 Å². The number of alkyl halides is 3. The number of ether oxygens (including phenoxy) is 1. The van der Waals surface area contributed by atoms with Crippen LogP contribution in [0, 0.1) is 0 Å². The molecule has 7 nitrogen and oxygen atoms in total. The number of esters is 1. The lowest BCUT2D eigenvalue weighted by Gasteiger charge is -2.14. The molecule has 0 fully saturated rings. The predicted octanol–water partition coefficient (Wildman–Crippen LogP) is 5.01. The van der Waals surface area contributed by atoms with Crippen molar-refractivity contribution >= 4 is 22.8 Å². The van der Waals surface area contributed by atoms with Crippen molar-refractivity contribution in [1.29, 1.82) is 0 Å². The molecule has 1 N–H and O–H groups in total. The van der Waals surface area contributed by atoms with E-state index in [1.54, 1.807) is 42.1 Å². The first-order chi connectivity index (χ1) is 16.2. The van der Waals surface area contributed by atoms with Crippen LogP contribution in [-0.4, -0.2) is 32.8 Å². The minimum absolute atomic E-state index is 0.0828. The van der Waals surface area contributed by atoms with E-state index in [0.29, 0.717) is 40.2 Å². The molecule has 0 spiro atoms. The zero-order valence-electron chi connectivity index (χ0n) is 18.8. The van der Waals surface area contributed by atoms with Crippen LogP contribution in [0.5, 0.6) is 0 Å². The molecule has 0 aliphatic rings. The molecule has 0 bridgehead atoms. The number of anilines is 1. The summed E-state index contributed by atoms with van der Waals surface area (Å²) in [6.07, 6.45) is -3.86. The second kappa shape index (κ2) is 9.12. The van der Waals surface area contributed by atoms with Gasteiger partial charge in [0.05, 0.1) is 29.3 Å². The molecule has 0 unspecified atom stereocenters. The third-order valence-corrected chi connectivity index (χ3v) is 5.42. The maximum atomic E-state index is 13.5. The highest BCUT2D eigenvalue weighted by Gasteiger charge is 2.32. The number of hydrogen-bond acceptors (Lipinski definition) is 6. The van der Waals surface area contributed by atoms with Gasteiger partial charge in [0, 0.05) is 19.2 Å². The molecular weight excluding hydrogens is 447 g/mol. The number of nitrogens with zero attached hydrogens (tertiary/aromatic N) is 4. The number of benzene rings is 2. The molecular formula is C24H22F3N5O2. The lowest BCUT2D eigenvalue weighted by atomic mass is 10.1. The second-order valence-corrected chi connectivity index (χ2v) is 7.60. The number of rotatable bonds is 6. The van der Waals surface area contributed by atoms with E-state index in [2.05, 4.69) is 20.4 Å².